The molecule has 1 atom stereocenters. The first-order valence-electron chi connectivity index (χ1n) is 9.60. The van der Waals surface area contributed by atoms with E-state index in [4.69, 9.17) is 0 Å². The van der Waals surface area contributed by atoms with Crippen molar-refractivity contribution in [3.8, 4) is 5.75 Å². The summed E-state index contributed by atoms with van der Waals surface area (Å²) >= 11 is 0. The zero-order chi connectivity index (χ0) is 19.9. The molecule has 0 bridgehead atoms. The van der Waals surface area contributed by atoms with Crippen LogP contribution in [0, 0.1) is 5.92 Å². The van der Waals surface area contributed by atoms with Crippen molar-refractivity contribution in [2.75, 3.05) is 38.1 Å². The summed E-state index contributed by atoms with van der Waals surface area (Å²) in [7, 11) is 1.69. The molecule has 1 amide bonds. The van der Waals surface area contributed by atoms with Gasteiger partial charge in [0.15, 0.2) is 5.96 Å². The number of nitrogens with zero attached hydrogens (tertiary/aromatic N) is 2. The quantitative estimate of drug-likeness (QED) is 0.354. The number of rotatable bonds is 8. The maximum Gasteiger partial charge on any atom is 0.387 e. The van der Waals surface area contributed by atoms with Crippen LogP contribution in [0.3, 0.4) is 0 Å². The van der Waals surface area contributed by atoms with Gasteiger partial charge in [-0.1, -0.05) is 12.1 Å². The van der Waals surface area contributed by atoms with E-state index in [9.17, 15) is 13.6 Å². The lowest BCUT2D eigenvalue weighted by Gasteiger charge is -2.22. The maximum absolute atomic E-state index is 12.6. The smallest absolute Gasteiger partial charge is 0.387 e. The number of para-hydroxylation sites is 2. The topological polar surface area (TPSA) is 78.0 Å². The number of anilines is 1. The van der Waals surface area contributed by atoms with Crippen LogP contribution in [-0.4, -0.2) is 57.7 Å². The monoisotopic (exact) mass is 395 g/mol. The van der Waals surface area contributed by atoms with E-state index in [0.717, 1.165) is 25.8 Å². The zero-order valence-electron chi connectivity index (χ0n) is 16.0. The second-order valence-electron chi connectivity index (χ2n) is 6.99. The van der Waals surface area contributed by atoms with Crippen molar-refractivity contribution >= 4 is 17.6 Å². The molecule has 2 aliphatic rings. The van der Waals surface area contributed by atoms with Crippen molar-refractivity contribution in [2.24, 2.45) is 10.9 Å². The molecule has 0 aromatic heterocycles. The zero-order valence-corrected chi connectivity index (χ0v) is 16.0. The molecule has 1 aromatic carbocycles. The van der Waals surface area contributed by atoms with Gasteiger partial charge in [0.05, 0.1) is 5.69 Å². The van der Waals surface area contributed by atoms with Gasteiger partial charge in [-0.05, 0) is 31.4 Å². The average Bonchev–Trinajstić information content (AvgIpc) is 3.43. The second-order valence-corrected chi connectivity index (χ2v) is 6.99. The van der Waals surface area contributed by atoms with Gasteiger partial charge in [-0.25, -0.2) is 0 Å². The first-order valence-corrected chi connectivity index (χ1v) is 9.60. The molecule has 1 saturated heterocycles. The number of nitrogens with one attached hydrogen (secondary N) is 3. The van der Waals surface area contributed by atoms with Crippen LogP contribution in [0.25, 0.3) is 0 Å². The Labute approximate surface area is 163 Å². The van der Waals surface area contributed by atoms with Gasteiger partial charge in [-0.15, -0.1) is 0 Å². The number of aliphatic imine (C=N–C) groups is 1. The van der Waals surface area contributed by atoms with E-state index in [1.807, 2.05) is 11.0 Å². The van der Waals surface area contributed by atoms with Gasteiger partial charge >= 0.3 is 6.61 Å². The lowest BCUT2D eigenvalue weighted by atomic mass is 10.2. The predicted molar refractivity (Wildman–Crippen MR) is 104 cm³/mol. The van der Waals surface area contributed by atoms with E-state index < -0.39 is 6.61 Å². The molecule has 0 radical (unpaired) electrons. The molecule has 0 spiro atoms. The number of carbonyl (C=O) groups excluding carboxylic acids is 1. The van der Waals surface area contributed by atoms with Gasteiger partial charge in [0.25, 0.3) is 0 Å². The van der Waals surface area contributed by atoms with Crippen LogP contribution in [0.15, 0.2) is 29.3 Å². The van der Waals surface area contributed by atoms with Crippen molar-refractivity contribution in [3.63, 3.8) is 0 Å². The summed E-state index contributed by atoms with van der Waals surface area (Å²) in [5.74, 6) is 1.18. The van der Waals surface area contributed by atoms with Crippen molar-refractivity contribution in [3.05, 3.63) is 24.3 Å². The van der Waals surface area contributed by atoms with Gasteiger partial charge in [0.1, 0.15) is 5.75 Å². The third-order valence-electron chi connectivity index (χ3n) is 4.84. The number of carbonyl (C=O) groups is 1. The van der Waals surface area contributed by atoms with E-state index in [-0.39, 0.29) is 23.6 Å². The molecule has 1 heterocycles. The van der Waals surface area contributed by atoms with Crippen LogP contribution in [0.2, 0.25) is 0 Å². The molecule has 1 aromatic rings. The number of ether oxygens (including phenoxy) is 1. The summed E-state index contributed by atoms with van der Waals surface area (Å²) in [6.45, 7) is -0.329. The fourth-order valence-electron chi connectivity index (χ4n) is 3.26. The molecule has 3 N–H and O–H groups in total. The van der Waals surface area contributed by atoms with E-state index in [0.29, 0.717) is 31.3 Å². The standard InChI is InChI=1S/C19H27F2N5O2/c1-22-19(24-10-9-23-17(27)13-6-7-13)25-14-8-11-26(12-14)15-4-2-3-5-16(15)28-18(20)21/h2-5,13-14,18H,6-12H2,1H3,(H,23,27)(H2,22,24,25). The van der Waals surface area contributed by atoms with E-state index in [2.05, 4.69) is 25.7 Å². The van der Waals surface area contributed by atoms with E-state index >= 15 is 0 Å². The summed E-state index contributed by atoms with van der Waals surface area (Å²) in [4.78, 5) is 17.9. The van der Waals surface area contributed by atoms with Crippen molar-refractivity contribution in [1.29, 1.82) is 0 Å². The van der Waals surface area contributed by atoms with Gasteiger partial charge in [-0.3, -0.25) is 9.79 Å². The number of alkyl halides is 2. The lowest BCUT2D eigenvalue weighted by Crippen LogP contribution is -2.46. The minimum absolute atomic E-state index is 0.126. The first-order chi connectivity index (χ1) is 13.6. The van der Waals surface area contributed by atoms with Gasteiger partial charge in [0, 0.05) is 45.2 Å². The molecule has 28 heavy (non-hydrogen) atoms. The summed E-state index contributed by atoms with van der Waals surface area (Å²) in [6.07, 6.45) is 2.83. The predicted octanol–water partition coefficient (Wildman–Crippen LogP) is 1.56. The second kappa shape index (κ2) is 9.57. The van der Waals surface area contributed by atoms with Crippen LogP contribution in [0.4, 0.5) is 14.5 Å². The average molecular weight is 395 g/mol. The summed E-state index contributed by atoms with van der Waals surface area (Å²) in [5, 5.41) is 9.43. The number of benzene rings is 1. The minimum atomic E-state index is -2.85. The number of halogens is 2. The largest absolute Gasteiger partial charge is 0.433 e. The maximum atomic E-state index is 12.6. The molecule has 9 heteroatoms. The molecular formula is C19H27F2N5O2. The molecule has 2 fully saturated rings. The van der Waals surface area contributed by atoms with Crippen molar-refractivity contribution in [1.82, 2.24) is 16.0 Å². The van der Waals surface area contributed by atoms with Gasteiger partial charge in [0.2, 0.25) is 5.91 Å². The molecular weight excluding hydrogens is 368 g/mol. The van der Waals surface area contributed by atoms with Crippen LogP contribution < -0.4 is 25.6 Å². The molecule has 154 valence electrons. The summed E-state index contributed by atoms with van der Waals surface area (Å²) in [6, 6.07) is 6.96. The number of hydrogen-bond donors (Lipinski definition) is 3. The van der Waals surface area contributed by atoms with Crippen molar-refractivity contribution < 1.29 is 18.3 Å². The minimum Gasteiger partial charge on any atom is -0.433 e. The molecule has 1 aliphatic carbocycles. The molecule has 7 nitrogen and oxygen atoms in total. The molecule has 1 saturated carbocycles. The Bertz CT molecular complexity index is 697. The highest BCUT2D eigenvalue weighted by molar-refractivity contribution is 5.81. The van der Waals surface area contributed by atoms with Crippen LogP contribution in [0.5, 0.6) is 5.75 Å². The fourth-order valence-corrected chi connectivity index (χ4v) is 3.26. The number of guanidine groups is 1. The highest BCUT2D eigenvalue weighted by Crippen LogP contribution is 2.31. The highest BCUT2D eigenvalue weighted by atomic mass is 19.3. The summed E-state index contributed by atoms with van der Waals surface area (Å²) < 4.78 is 29.9. The Morgan fingerprint density at radius 1 is 1.25 bits per heavy atom. The molecule has 1 unspecified atom stereocenters. The third kappa shape index (κ3) is 5.71. The normalized spacial score (nSPS) is 19.6. The van der Waals surface area contributed by atoms with E-state index in [1.165, 1.54) is 0 Å². The number of amides is 1. The third-order valence-corrected chi connectivity index (χ3v) is 4.84. The fraction of sp³-hybridized carbons (Fsp3) is 0.579. The van der Waals surface area contributed by atoms with Crippen LogP contribution in [0.1, 0.15) is 19.3 Å². The Hall–Kier alpha value is -2.58. The van der Waals surface area contributed by atoms with Gasteiger partial charge < -0.3 is 25.6 Å². The molecule has 3 rings (SSSR count). The summed E-state index contributed by atoms with van der Waals surface area (Å²) in [5.41, 5.74) is 0.665. The Kier molecular flexibility index (Phi) is 6.89. The Balaban J connectivity index is 1.45. The SMILES string of the molecule is CN=C(NCCNC(=O)C1CC1)NC1CCN(c2ccccc2OC(F)F)C1. The highest BCUT2D eigenvalue weighted by Gasteiger charge is 2.29. The Morgan fingerprint density at radius 2 is 2.00 bits per heavy atom. The molecule has 1 aliphatic heterocycles. The van der Waals surface area contributed by atoms with E-state index in [1.54, 1.807) is 25.2 Å². The van der Waals surface area contributed by atoms with Gasteiger partial charge in [-0.2, -0.15) is 8.78 Å². The van der Waals surface area contributed by atoms with Crippen LogP contribution in [-0.2, 0) is 4.79 Å². The first kappa shape index (κ1) is 20.2. The lowest BCUT2D eigenvalue weighted by molar-refractivity contribution is -0.122. The number of hydrogen-bond acceptors (Lipinski definition) is 4. The van der Waals surface area contributed by atoms with Crippen LogP contribution >= 0.6 is 0 Å². The Morgan fingerprint density at radius 3 is 2.71 bits per heavy atom. The van der Waals surface area contributed by atoms with Crippen molar-refractivity contribution in [2.45, 2.75) is 31.9 Å².